The maximum atomic E-state index is 11.7. The summed E-state index contributed by atoms with van der Waals surface area (Å²) in [5.74, 6) is -0.432. The highest BCUT2D eigenvalue weighted by atomic mass is 35.5. The maximum Gasteiger partial charge on any atom is 0.474 e. The lowest BCUT2D eigenvalue weighted by molar-refractivity contribution is -0.119. The van der Waals surface area contributed by atoms with Crippen molar-refractivity contribution < 1.29 is 41.3 Å². The smallest absolute Gasteiger partial charge is 0.359 e. The van der Waals surface area contributed by atoms with E-state index < -0.39 is 15.4 Å². The minimum absolute atomic E-state index is 0.0521. The molecule has 30 heavy (non-hydrogen) atoms. The first-order valence-electron chi connectivity index (χ1n) is 9.46. The monoisotopic (exact) mass is 498 g/mol. The summed E-state index contributed by atoms with van der Waals surface area (Å²) < 4.78 is 47.3. The Hall–Kier alpha value is -0.510. The Morgan fingerprint density at radius 1 is 0.700 bits per heavy atom. The largest absolute Gasteiger partial charge is 0.474 e. The van der Waals surface area contributed by atoms with Gasteiger partial charge in [0.2, 0.25) is 11.8 Å². The van der Waals surface area contributed by atoms with E-state index in [1.165, 1.54) is 7.05 Å². The molecule has 0 bridgehead atoms. The number of rotatable bonds is 13. The quantitative estimate of drug-likeness (QED) is 0.289. The fourth-order valence-corrected chi connectivity index (χ4v) is 4.29. The number of halogens is 1. The summed E-state index contributed by atoms with van der Waals surface area (Å²) in [4.78, 5) is 20.9. The van der Waals surface area contributed by atoms with Crippen LogP contribution in [0.4, 0.5) is 0 Å². The first kappa shape index (κ1) is 34.1. The molecule has 14 heteroatoms. The van der Waals surface area contributed by atoms with Crippen LogP contribution in [-0.4, -0.2) is 71.0 Å². The van der Waals surface area contributed by atoms with E-state index in [0.29, 0.717) is 19.8 Å². The minimum Gasteiger partial charge on any atom is -0.359 e. The van der Waals surface area contributed by atoms with Crippen LogP contribution in [0.5, 0.6) is 0 Å². The van der Waals surface area contributed by atoms with Crippen molar-refractivity contribution in [3.63, 3.8) is 0 Å². The molecule has 0 saturated carbocycles. The molecule has 0 radical (unpaired) electrons. The van der Waals surface area contributed by atoms with E-state index in [1.54, 1.807) is 41.7 Å². The molecule has 0 aliphatic heterocycles. The van der Waals surface area contributed by atoms with Gasteiger partial charge in [0.1, 0.15) is 12.0 Å². The van der Waals surface area contributed by atoms with Gasteiger partial charge in [0, 0.05) is 14.1 Å². The number of carbonyl (C=O) groups excluding carboxylic acids is 2. The molecular formula is C16H37ClN2O9P2. The molecule has 0 aromatic carbocycles. The number of alkyl halides is 1. The molecule has 2 N–H and O–H groups in total. The Balaban J connectivity index is -0.000000389. The van der Waals surface area contributed by atoms with Crippen LogP contribution in [0, 0.1) is 0 Å². The molecule has 0 saturated heterocycles. The highest BCUT2D eigenvalue weighted by molar-refractivity contribution is 7.54. The van der Waals surface area contributed by atoms with Crippen molar-refractivity contribution in [2.45, 2.75) is 34.6 Å². The Labute approximate surface area is 185 Å². The summed E-state index contributed by atoms with van der Waals surface area (Å²) in [5.41, 5.74) is 0. The number of phosphoric acid groups is 1. The lowest BCUT2D eigenvalue weighted by Gasteiger charge is -2.15. The van der Waals surface area contributed by atoms with E-state index in [4.69, 9.17) is 34.2 Å². The lowest BCUT2D eigenvalue weighted by Crippen LogP contribution is -2.22. The van der Waals surface area contributed by atoms with Gasteiger partial charge in [0.05, 0.1) is 33.0 Å². The van der Waals surface area contributed by atoms with Crippen molar-refractivity contribution in [1.82, 2.24) is 10.6 Å². The standard InChI is InChI=1S/C7H16NO4P.C6H15O4P.C3H6ClNO/c1-4-11-13(10,12-5-2)6-7(9)8-3;1-4-8-11(7,9-5-2)10-6-3;1-5-3(6)2-4/h4-6H2,1-3H3,(H,8,9);4-6H2,1-3H3;2H2,1H3,(H,5,6). The molecule has 0 aromatic rings. The molecule has 0 heterocycles. The van der Waals surface area contributed by atoms with Gasteiger partial charge in [-0.25, -0.2) is 4.57 Å². The predicted molar refractivity (Wildman–Crippen MR) is 117 cm³/mol. The van der Waals surface area contributed by atoms with Crippen molar-refractivity contribution >= 4 is 38.8 Å². The molecule has 2 amide bonds. The second-order valence-electron chi connectivity index (χ2n) is 4.79. The highest BCUT2D eigenvalue weighted by Gasteiger charge is 2.26. The summed E-state index contributed by atoms with van der Waals surface area (Å²) in [6.07, 6.45) is -0.217. The summed E-state index contributed by atoms with van der Waals surface area (Å²) >= 11 is 5.04. The zero-order valence-electron chi connectivity index (χ0n) is 18.9. The van der Waals surface area contributed by atoms with Crippen molar-refractivity contribution in [2.75, 3.05) is 59.2 Å². The van der Waals surface area contributed by atoms with Gasteiger partial charge in [-0.1, -0.05) is 0 Å². The Morgan fingerprint density at radius 3 is 1.23 bits per heavy atom. The second kappa shape index (κ2) is 21.7. The molecular weight excluding hydrogens is 462 g/mol. The van der Waals surface area contributed by atoms with E-state index in [-0.39, 0.29) is 37.1 Å². The maximum absolute atomic E-state index is 11.7. The van der Waals surface area contributed by atoms with Crippen molar-refractivity contribution in [3.05, 3.63) is 0 Å². The van der Waals surface area contributed by atoms with Gasteiger partial charge in [-0.05, 0) is 34.6 Å². The zero-order valence-corrected chi connectivity index (χ0v) is 21.4. The first-order valence-corrected chi connectivity index (χ1v) is 13.2. The fraction of sp³-hybridized carbons (Fsp3) is 0.875. The number of amides is 2. The minimum atomic E-state index is -3.22. The van der Waals surface area contributed by atoms with E-state index in [2.05, 4.69) is 10.6 Å². The number of hydrogen-bond donors (Lipinski definition) is 2. The Morgan fingerprint density at radius 2 is 1.03 bits per heavy atom. The third-order valence-electron chi connectivity index (χ3n) is 2.53. The second-order valence-corrected chi connectivity index (χ2v) is 8.78. The van der Waals surface area contributed by atoms with E-state index in [0.717, 1.165) is 0 Å². The normalized spacial score (nSPS) is 10.8. The van der Waals surface area contributed by atoms with Crippen LogP contribution in [0.1, 0.15) is 34.6 Å². The molecule has 182 valence electrons. The average Bonchev–Trinajstić information content (AvgIpc) is 2.68. The SMILES string of the molecule is CCOP(=O)(CC(=O)NC)OCC.CCOP(=O)(OCC)OCC.CNC(=O)CCl. The topological polar surface area (TPSA) is 138 Å². The predicted octanol–water partition coefficient (Wildman–Crippen LogP) is 3.17. The summed E-state index contributed by atoms with van der Waals surface area (Å²) in [7, 11) is -3.40. The van der Waals surface area contributed by atoms with Crippen LogP contribution in [0.3, 0.4) is 0 Å². The van der Waals surface area contributed by atoms with Crippen LogP contribution in [0.15, 0.2) is 0 Å². The van der Waals surface area contributed by atoms with Crippen LogP contribution in [0.2, 0.25) is 0 Å². The highest BCUT2D eigenvalue weighted by Crippen LogP contribution is 2.49. The van der Waals surface area contributed by atoms with Crippen LogP contribution < -0.4 is 10.6 Å². The van der Waals surface area contributed by atoms with Crippen molar-refractivity contribution in [1.29, 1.82) is 0 Å². The van der Waals surface area contributed by atoms with E-state index in [1.807, 2.05) is 0 Å². The summed E-state index contributed by atoms with van der Waals surface area (Å²) in [6.45, 7) is 10.2. The lowest BCUT2D eigenvalue weighted by atomic mass is 10.7. The molecule has 0 aliphatic carbocycles. The average molecular weight is 499 g/mol. The van der Waals surface area contributed by atoms with Crippen molar-refractivity contribution in [2.24, 2.45) is 0 Å². The molecule has 0 aliphatic rings. The van der Waals surface area contributed by atoms with Crippen molar-refractivity contribution in [3.8, 4) is 0 Å². The molecule has 0 aromatic heterocycles. The van der Waals surface area contributed by atoms with E-state index >= 15 is 0 Å². The van der Waals surface area contributed by atoms with Gasteiger partial charge in [-0.15, -0.1) is 11.6 Å². The van der Waals surface area contributed by atoms with Crippen LogP contribution >= 0.6 is 27.0 Å². The number of hydrogen-bond acceptors (Lipinski definition) is 9. The van der Waals surface area contributed by atoms with Gasteiger partial charge < -0.3 is 19.7 Å². The molecule has 0 fully saturated rings. The van der Waals surface area contributed by atoms with Gasteiger partial charge in [0.15, 0.2) is 0 Å². The van der Waals surface area contributed by atoms with Gasteiger partial charge in [-0.2, -0.15) is 0 Å². The number of phosphoric ester groups is 1. The summed E-state index contributed by atoms with van der Waals surface area (Å²) in [6, 6.07) is 0. The molecule has 0 atom stereocenters. The molecule has 0 unspecified atom stereocenters. The third-order valence-corrected chi connectivity index (χ3v) is 6.47. The van der Waals surface area contributed by atoms with Gasteiger partial charge >= 0.3 is 15.4 Å². The van der Waals surface area contributed by atoms with Gasteiger partial charge in [0.25, 0.3) is 0 Å². The summed E-state index contributed by atoms with van der Waals surface area (Å²) in [5, 5.41) is 4.71. The van der Waals surface area contributed by atoms with Gasteiger partial charge in [-0.3, -0.25) is 27.7 Å². The van der Waals surface area contributed by atoms with E-state index in [9.17, 15) is 18.7 Å². The number of carbonyl (C=O) groups is 2. The molecule has 0 spiro atoms. The fourth-order valence-electron chi connectivity index (χ4n) is 1.43. The first-order chi connectivity index (χ1) is 14.1. The number of nitrogens with one attached hydrogen (secondary N) is 2. The Kier molecular flexibility index (Phi) is 24.7. The third kappa shape index (κ3) is 20.8. The zero-order chi connectivity index (χ0) is 24.1. The Bertz CT molecular complexity index is 499. The van der Waals surface area contributed by atoms with Crippen LogP contribution in [0.25, 0.3) is 0 Å². The molecule has 11 nitrogen and oxygen atoms in total. The molecule has 0 rings (SSSR count). The van der Waals surface area contributed by atoms with Crippen LogP contribution in [-0.2, 0) is 41.3 Å².